The summed E-state index contributed by atoms with van der Waals surface area (Å²) in [6.07, 6.45) is 104. The minimum absolute atomic E-state index is 0.114. The number of rotatable bonds is 57. The first-order chi connectivity index (χ1) is 41.0. The van der Waals surface area contributed by atoms with Crippen molar-refractivity contribution in [2.75, 3.05) is 13.2 Å². The lowest BCUT2D eigenvalue weighted by Crippen LogP contribution is -2.30. The summed E-state index contributed by atoms with van der Waals surface area (Å²) in [5.74, 6) is -0.989. The molecule has 0 bridgehead atoms. The van der Waals surface area contributed by atoms with E-state index in [9.17, 15) is 14.4 Å². The van der Waals surface area contributed by atoms with Crippen molar-refractivity contribution < 1.29 is 28.6 Å². The lowest BCUT2D eigenvalue weighted by atomic mass is 10.1. The summed E-state index contributed by atoms with van der Waals surface area (Å²) in [6.45, 7) is 6.23. The van der Waals surface area contributed by atoms with Crippen molar-refractivity contribution in [1.82, 2.24) is 0 Å². The summed E-state index contributed by atoms with van der Waals surface area (Å²) in [4.78, 5) is 38.4. The highest BCUT2D eigenvalue weighted by Crippen LogP contribution is 2.13. The topological polar surface area (TPSA) is 78.9 Å². The van der Waals surface area contributed by atoms with Crippen molar-refractivity contribution in [3.63, 3.8) is 0 Å². The number of unbranched alkanes of at least 4 members (excludes halogenated alkanes) is 14. The molecule has 0 aromatic rings. The number of ether oxygens (including phenoxy) is 3. The summed E-state index contributed by atoms with van der Waals surface area (Å²) in [5.41, 5.74) is 0. The molecule has 0 aliphatic heterocycles. The average Bonchev–Trinajstić information content (AvgIpc) is 3.49. The van der Waals surface area contributed by atoms with Crippen LogP contribution in [0.5, 0.6) is 0 Å². The molecule has 462 valence electrons. The van der Waals surface area contributed by atoms with Crippen LogP contribution in [0.2, 0.25) is 0 Å². The van der Waals surface area contributed by atoms with Gasteiger partial charge in [-0.2, -0.15) is 0 Å². The van der Waals surface area contributed by atoms with Crippen LogP contribution >= 0.6 is 0 Å². The Morgan fingerprint density at radius 1 is 0.241 bits per heavy atom. The quantitative estimate of drug-likeness (QED) is 0.0261. The molecule has 6 heteroatoms. The van der Waals surface area contributed by atoms with Gasteiger partial charge in [-0.05, 0) is 161 Å². The van der Waals surface area contributed by atoms with E-state index >= 15 is 0 Å². The second kappa shape index (κ2) is 68.7. The van der Waals surface area contributed by atoms with Gasteiger partial charge in [-0.15, -0.1) is 0 Å². The summed E-state index contributed by atoms with van der Waals surface area (Å²) >= 11 is 0. The van der Waals surface area contributed by atoms with E-state index in [-0.39, 0.29) is 37.5 Å². The van der Waals surface area contributed by atoms with E-state index in [4.69, 9.17) is 14.2 Å². The molecule has 0 rings (SSSR count). The molecule has 0 heterocycles. The fraction of sp³-hybridized carbons (Fsp3) is 0.545. The lowest BCUT2D eigenvalue weighted by molar-refractivity contribution is -0.167. The van der Waals surface area contributed by atoms with E-state index in [0.717, 1.165) is 186 Å². The van der Waals surface area contributed by atoms with Gasteiger partial charge in [-0.3, -0.25) is 14.4 Å². The molecule has 6 nitrogen and oxygen atoms in total. The largest absolute Gasteiger partial charge is 0.462 e. The number of allylic oxidation sites excluding steroid dienone is 32. The average molecular weight is 1140 g/mol. The fourth-order valence-corrected chi connectivity index (χ4v) is 8.26. The van der Waals surface area contributed by atoms with E-state index in [0.29, 0.717) is 12.8 Å². The Balaban J connectivity index is 4.49. The van der Waals surface area contributed by atoms with Gasteiger partial charge in [0.1, 0.15) is 13.2 Å². The molecule has 0 N–H and O–H groups in total. The molecule has 0 amide bonds. The second-order valence-electron chi connectivity index (χ2n) is 20.9. The molecule has 0 radical (unpaired) electrons. The van der Waals surface area contributed by atoms with Crippen molar-refractivity contribution in [3.05, 3.63) is 194 Å². The van der Waals surface area contributed by atoms with Crippen molar-refractivity contribution in [1.29, 1.82) is 0 Å². The fourth-order valence-electron chi connectivity index (χ4n) is 8.26. The first kappa shape index (κ1) is 77.2. The van der Waals surface area contributed by atoms with Crippen molar-refractivity contribution in [3.8, 4) is 0 Å². The lowest BCUT2D eigenvalue weighted by Gasteiger charge is -2.18. The van der Waals surface area contributed by atoms with Crippen LogP contribution in [0.3, 0.4) is 0 Å². The number of esters is 3. The molecule has 0 spiro atoms. The number of hydrogen-bond donors (Lipinski definition) is 0. The summed E-state index contributed by atoms with van der Waals surface area (Å²) in [7, 11) is 0. The van der Waals surface area contributed by atoms with Crippen LogP contribution in [-0.4, -0.2) is 37.2 Å². The highest BCUT2D eigenvalue weighted by molar-refractivity contribution is 5.71. The monoisotopic (exact) mass is 1140 g/mol. The first-order valence-corrected chi connectivity index (χ1v) is 32.9. The predicted octanol–water partition coefficient (Wildman–Crippen LogP) is 23.0. The van der Waals surface area contributed by atoms with Crippen molar-refractivity contribution >= 4 is 17.9 Å². The maximum absolute atomic E-state index is 12.9. The van der Waals surface area contributed by atoms with E-state index in [1.807, 2.05) is 0 Å². The van der Waals surface area contributed by atoms with Crippen LogP contribution < -0.4 is 0 Å². The maximum atomic E-state index is 12.9. The van der Waals surface area contributed by atoms with E-state index in [1.165, 1.54) is 25.7 Å². The zero-order valence-corrected chi connectivity index (χ0v) is 52.9. The smallest absolute Gasteiger partial charge is 0.306 e. The molecule has 0 aromatic carbocycles. The van der Waals surface area contributed by atoms with Gasteiger partial charge in [0.2, 0.25) is 0 Å². The van der Waals surface area contributed by atoms with E-state index in [2.05, 4.69) is 215 Å². The van der Waals surface area contributed by atoms with Gasteiger partial charge in [0, 0.05) is 19.3 Å². The van der Waals surface area contributed by atoms with E-state index < -0.39 is 6.10 Å². The molecule has 0 saturated heterocycles. The normalized spacial score (nSPS) is 13.4. The van der Waals surface area contributed by atoms with Gasteiger partial charge in [0.25, 0.3) is 0 Å². The van der Waals surface area contributed by atoms with Crippen LogP contribution in [0.25, 0.3) is 0 Å². The molecule has 0 aliphatic rings. The van der Waals surface area contributed by atoms with Crippen LogP contribution in [0.4, 0.5) is 0 Å². The Morgan fingerprint density at radius 2 is 0.434 bits per heavy atom. The van der Waals surface area contributed by atoms with Crippen LogP contribution in [-0.2, 0) is 28.6 Å². The molecule has 83 heavy (non-hydrogen) atoms. The molecule has 0 aromatic heterocycles. The van der Waals surface area contributed by atoms with Gasteiger partial charge in [-0.1, -0.05) is 267 Å². The van der Waals surface area contributed by atoms with Gasteiger partial charge in [-0.25, -0.2) is 0 Å². The molecule has 0 aliphatic carbocycles. The highest BCUT2D eigenvalue weighted by atomic mass is 16.6. The van der Waals surface area contributed by atoms with Crippen LogP contribution in [0.15, 0.2) is 194 Å². The molecule has 0 fully saturated rings. The highest BCUT2D eigenvalue weighted by Gasteiger charge is 2.19. The van der Waals surface area contributed by atoms with Gasteiger partial charge in [0.15, 0.2) is 6.10 Å². The number of hydrogen-bond acceptors (Lipinski definition) is 6. The van der Waals surface area contributed by atoms with Gasteiger partial charge < -0.3 is 14.2 Å². The standard InChI is InChI=1S/C77H118O6/c1-4-7-10-13-16-19-22-25-28-31-32-33-34-35-36-37-38-39-40-41-42-43-44-47-49-52-55-58-61-64-67-70-76(79)82-73-74(83-77(80)71-68-65-62-59-56-53-50-46-30-27-24-21-18-15-12-9-6-3)72-81-75(78)69-66-63-60-57-54-51-48-45-29-26-23-20-17-14-11-8-5-2/h7-12,16-21,25-30,32-33,35-36,38-39,41-42,44,47,50,52-53,55,74H,4-6,13-15,22-24,31,34,37,40,43,45-46,48-49,51,54,56-73H2,1-3H3/b10-7-,11-8-,12-9-,19-16-,20-17-,21-18-,28-25-,29-26-,30-27-,33-32-,36-35-,39-38-,42-41-,47-44-,53-50-,55-52-. The van der Waals surface area contributed by atoms with Crippen LogP contribution in [0.1, 0.15) is 252 Å². The van der Waals surface area contributed by atoms with Crippen molar-refractivity contribution in [2.45, 2.75) is 258 Å². The number of carbonyl (C=O) groups is 3. The predicted molar refractivity (Wildman–Crippen MR) is 361 cm³/mol. The summed E-state index contributed by atoms with van der Waals surface area (Å²) in [5, 5.41) is 0. The second-order valence-corrected chi connectivity index (χ2v) is 20.9. The van der Waals surface area contributed by atoms with Gasteiger partial charge >= 0.3 is 17.9 Å². The molecule has 1 atom stereocenters. The molecule has 0 saturated carbocycles. The minimum atomic E-state index is -0.823. The molecule has 1 unspecified atom stereocenters. The summed E-state index contributed by atoms with van der Waals surface area (Å²) in [6, 6.07) is 0. The van der Waals surface area contributed by atoms with Crippen LogP contribution in [0, 0.1) is 0 Å². The molecular weight excluding hydrogens is 1020 g/mol. The van der Waals surface area contributed by atoms with Crippen molar-refractivity contribution in [2.24, 2.45) is 0 Å². The third-order valence-electron chi connectivity index (χ3n) is 13.1. The molecular formula is C77H118O6. The Bertz CT molecular complexity index is 1990. The Hall–Kier alpha value is -5.75. The van der Waals surface area contributed by atoms with Gasteiger partial charge in [0.05, 0.1) is 0 Å². The minimum Gasteiger partial charge on any atom is -0.462 e. The number of carbonyl (C=O) groups excluding carboxylic acids is 3. The zero-order chi connectivity index (χ0) is 59.9. The Kier molecular flexibility index (Phi) is 64.0. The third kappa shape index (κ3) is 66.9. The maximum Gasteiger partial charge on any atom is 0.306 e. The SMILES string of the molecule is CC/C=C\C/C=C\C/C=C\C/C=C\C/C=C\C/C=C\C/C=C\C/C=C\C/C=C\CCCCCC(=O)OCC(COC(=O)CCCCCCCCC/C=C\C/C=C\C/C=C\CC)OC(=O)CCCCCC/C=C\C/C=C\C/C=C\C/C=C\CC. The summed E-state index contributed by atoms with van der Waals surface area (Å²) < 4.78 is 16.9. The Labute approximate surface area is 509 Å². The first-order valence-electron chi connectivity index (χ1n) is 32.9. The zero-order valence-electron chi connectivity index (χ0n) is 52.9. The van der Waals surface area contributed by atoms with E-state index in [1.54, 1.807) is 0 Å². The third-order valence-corrected chi connectivity index (χ3v) is 13.1. The Morgan fingerprint density at radius 3 is 0.687 bits per heavy atom.